The van der Waals surface area contributed by atoms with E-state index in [0.717, 1.165) is 0 Å². The van der Waals surface area contributed by atoms with Crippen LogP contribution in [0.3, 0.4) is 0 Å². The molecule has 0 fully saturated rings. The van der Waals surface area contributed by atoms with Crippen LogP contribution in [-0.4, -0.2) is 38.8 Å². The van der Waals surface area contributed by atoms with Crippen molar-refractivity contribution in [3.8, 4) is 22.4 Å². The molecule has 29 heavy (non-hydrogen) atoms. The lowest BCUT2D eigenvalue weighted by Crippen LogP contribution is -2.15. The van der Waals surface area contributed by atoms with Gasteiger partial charge < -0.3 is 10.5 Å². The molecule has 1 amide bonds. The number of aromatic nitrogens is 1. The third kappa shape index (κ3) is 4.64. The van der Waals surface area contributed by atoms with Crippen LogP contribution in [0.2, 0.25) is 5.02 Å². The van der Waals surface area contributed by atoms with Gasteiger partial charge in [-0.3, -0.25) is 9.78 Å². The predicted octanol–water partition coefficient (Wildman–Crippen LogP) is 3.59. The molecular weight excluding hydrogens is 412 g/mol. The summed E-state index contributed by atoms with van der Waals surface area (Å²) in [6, 6.07) is 14.8. The summed E-state index contributed by atoms with van der Waals surface area (Å²) < 4.78 is 30.6. The Balaban J connectivity index is 2.21. The summed E-state index contributed by atoms with van der Waals surface area (Å²) in [6.45, 7) is 0.0547. The number of hydrogen-bond donors (Lipinski definition) is 1. The first-order chi connectivity index (χ1) is 13.8. The first-order valence-electron chi connectivity index (χ1n) is 8.70. The number of nitrogens with zero attached hydrogens (tertiary/aromatic N) is 1. The van der Waals surface area contributed by atoms with Crippen LogP contribution >= 0.6 is 11.6 Å². The van der Waals surface area contributed by atoms with Crippen LogP contribution in [0.4, 0.5) is 0 Å². The molecule has 3 rings (SSSR count). The average molecular weight is 431 g/mol. The van der Waals surface area contributed by atoms with E-state index in [-0.39, 0.29) is 22.8 Å². The van der Waals surface area contributed by atoms with E-state index in [1.165, 1.54) is 25.3 Å². The molecule has 0 spiro atoms. The van der Waals surface area contributed by atoms with Gasteiger partial charge in [0.25, 0.3) is 0 Å². The molecule has 3 aromatic rings. The van der Waals surface area contributed by atoms with Gasteiger partial charge in [0, 0.05) is 35.0 Å². The summed E-state index contributed by atoms with van der Waals surface area (Å²) in [5.41, 5.74) is 7.85. The molecule has 0 bridgehead atoms. The van der Waals surface area contributed by atoms with Crippen molar-refractivity contribution in [2.45, 2.75) is 4.90 Å². The summed E-state index contributed by atoms with van der Waals surface area (Å²) in [5.74, 6) is -0.835. The fourth-order valence-electron chi connectivity index (χ4n) is 2.89. The van der Waals surface area contributed by atoms with Gasteiger partial charge in [0.2, 0.25) is 5.91 Å². The molecule has 0 unspecified atom stereocenters. The van der Waals surface area contributed by atoms with Gasteiger partial charge in [-0.15, -0.1) is 0 Å². The minimum atomic E-state index is -3.66. The number of pyridine rings is 1. The van der Waals surface area contributed by atoms with E-state index in [9.17, 15) is 13.2 Å². The maximum atomic E-state index is 12.9. The number of nitrogens with two attached hydrogens (primary N) is 1. The Labute approximate surface area is 174 Å². The second kappa shape index (κ2) is 8.73. The van der Waals surface area contributed by atoms with Gasteiger partial charge in [-0.25, -0.2) is 8.42 Å². The Bertz CT molecular complexity index is 1150. The van der Waals surface area contributed by atoms with E-state index >= 15 is 0 Å². The highest BCUT2D eigenvalue weighted by molar-refractivity contribution is 7.91. The second-order valence-corrected chi connectivity index (χ2v) is 8.78. The molecule has 6 nitrogen and oxygen atoms in total. The molecule has 150 valence electrons. The number of hydrogen-bond acceptors (Lipinski definition) is 5. The normalized spacial score (nSPS) is 11.4. The topological polar surface area (TPSA) is 99.4 Å². The van der Waals surface area contributed by atoms with Crippen molar-refractivity contribution >= 4 is 27.3 Å². The molecule has 2 aromatic carbocycles. The SMILES string of the molecule is COCCS(=O)(=O)c1ccc(C(N)=O)cc1-c1ccc(Cl)c(-c2ccccn2)c1. The van der Waals surface area contributed by atoms with Crippen molar-refractivity contribution < 1.29 is 17.9 Å². The van der Waals surface area contributed by atoms with E-state index in [1.807, 2.05) is 6.07 Å². The third-order valence-corrected chi connectivity index (χ3v) is 6.43. The molecule has 0 radical (unpaired) electrons. The minimum Gasteiger partial charge on any atom is -0.384 e. The van der Waals surface area contributed by atoms with E-state index < -0.39 is 15.7 Å². The standard InChI is InChI=1S/C21H19ClN2O4S/c1-28-10-11-29(26,27)20-8-6-15(21(23)25)13-16(20)14-5-7-18(22)17(12-14)19-4-2-3-9-24-19/h2-9,12-13H,10-11H2,1H3,(H2,23,25). The van der Waals surface area contributed by atoms with Crippen molar-refractivity contribution in [1.82, 2.24) is 4.98 Å². The zero-order valence-electron chi connectivity index (χ0n) is 15.6. The lowest BCUT2D eigenvalue weighted by molar-refractivity contribution is 0.1000. The van der Waals surface area contributed by atoms with Crippen molar-refractivity contribution in [3.05, 3.63) is 71.4 Å². The van der Waals surface area contributed by atoms with Crippen LogP contribution in [0.5, 0.6) is 0 Å². The zero-order chi connectivity index (χ0) is 21.0. The second-order valence-electron chi connectivity index (χ2n) is 6.30. The Morgan fingerprint density at radius 1 is 1.10 bits per heavy atom. The summed E-state index contributed by atoms with van der Waals surface area (Å²) in [7, 11) is -2.22. The maximum absolute atomic E-state index is 12.9. The van der Waals surface area contributed by atoms with Gasteiger partial charge in [0.05, 0.1) is 22.9 Å². The first-order valence-corrected chi connectivity index (χ1v) is 10.7. The summed E-state index contributed by atoms with van der Waals surface area (Å²) >= 11 is 6.35. The summed E-state index contributed by atoms with van der Waals surface area (Å²) in [6.07, 6.45) is 1.65. The number of sulfone groups is 1. The minimum absolute atomic E-state index is 0.0547. The highest BCUT2D eigenvalue weighted by atomic mass is 35.5. The Hall–Kier alpha value is -2.74. The molecular formula is C21H19ClN2O4S. The summed E-state index contributed by atoms with van der Waals surface area (Å²) in [4.78, 5) is 16.1. The highest BCUT2D eigenvalue weighted by Gasteiger charge is 2.21. The molecule has 0 aliphatic heterocycles. The average Bonchev–Trinajstić information content (AvgIpc) is 2.73. The number of carbonyl (C=O) groups is 1. The van der Waals surface area contributed by atoms with Crippen molar-refractivity contribution in [1.29, 1.82) is 0 Å². The Kier molecular flexibility index (Phi) is 6.32. The number of benzene rings is 2. The van der Waals surface area contributed by atoms with Crippen LogP contribution in [-0.2, 0) is 14.6 Å². The van der Waals surface area contributed by atoms with Gasteiger partial charge in [0.1, 0.15) is 0 Å². The number of rotatable bonds is 7. The van der Waals surface area contributed by atoms with Crippen LogP contribution in [0, 0.1) is 0 Å². The lowest BCUT2D eigenvalue weighted by atomic mass is 9.99. The fraction of sp³-hybridized carbons (Fsp3) is 0.143. The maximum Gasteiger partial charge on any atom is 0.248 e. The molecule has 1 heterocycles. The monoisotopic (exact) mass is 430 g/mol. The lowest BCUT2D eigenvalue weighted by Gasteiger charge is -2.14. The smallest absolute Gasteiger partial charge is 0.248 e. The van der Waals surface area contributed by atoms with Crippen LogP contribution in [0.25, 0.3) is 22.4 Å². The Morgan fingerprint density at radius 3 is 2.55 bits per heavy atom. The van der Waals surface area contributed by atoms with E-state index in [0.29, 0.717) is 27.4 Å². The number of halogens is 1. The van der Waals surface area contributed by atoms with Crippen LogP contribution in [0.1, 0.15) is 10.4 Å². The van der Waals surface area contributed by atoms with Gasteiger partial charge in [-0.2, -0.15) is 0 Å². The van der Waals surface area contributed by atoms with Crippen molar-refractivity contribution in [2.24, 2.45) is 5.73 Å². The molecule has 0 saturated carbocycles. The third-order valence-electron chi connectivity index (χ3n) is 4.37. The molecule has 1 aromatic heterocycles. The van der Waals surface area contributed by atoms with E-state index in [1.54, 1.807) is 36.5 Å². The number of carbonyl (C=O) groups excluding carboxylic acids is 1. The number of methoxy groups -OCH3 is 1. The molecule has 0 saturated heterocycles. The van der Waals surface area contributed by atoms with Gasteiger partial charge in [0.15, 0.2) is 9.84 Å². The fourth-order valence-corrected chi connectivity index (χ4v) is 4.50. The van der Waals surface area contributed by atoms with Gasteiger partial charge in [-0.1, -0.05) is 23.7 Å². The highest BCUT2D eigenvalue weighted by Crippen LogP contribution is 2.35. The zero-order valence-corrected chi connectivity index (χ0v) is 17.2. The first kappa shape index (κ1) is 21.0. The van der Waals surface area contributed by atoms with Crippen LogP contribution < -0.4 is 5.73 Å². The van der Waals surface area contributed by atoms with Gasteiger partial charge >= 0.3 is 0 Å². The van der Waals surface area contributed by atoms with E-state index in [4.69, 9.17) is 22.1 Å². The molecule has 0 aliphatic carbocycles. The van der Waals surface area contributed by atoms with Crippen molar-refractivity contribution in [2.75, 3.05) is 19.5 Å². The number of ether oxygens (including phenoxy) is 1. The summed E-state index contributed by atoms with van der Waals surface area (Å²) in [5, 5.41) is 0.474. The largest absolute Gasteiger partial charge is 0.384 e. The number of primary amides is 1. The number of amides is 1. The van der Waals surface area contributed by atoms with Crippen molar-refractivity contribution in [3.63, 3.8) is 0 Å². The molecule has 0 aliphatic rings. The molecule has 0 atom stereocenters. The molecule has 2 N–H and O–H groups in total. The quantitative estimate of drug-likeness (QED) is 0.617. The molecule has 8 heteroatoms. The van der Waals surface area contributed by atoms with Gasteiger partial charge in [-0.05, 0) is 48.0 Å². The Morgan fingerprint density at radius 2 is 1.90 bits per heavy atom. The van der Waals surface area contributed by atoms with Crippen LogP contribution in [0.15, 0.2) is 65.7 Å². The van der Waals surface area contributed by atoms with E-state index in [2.05, 4.69) is 4.98 Å². The predicted molar refractivity (Wildman–Crippen MR) is 113 cm³/mol.